The summed E-state index contributed by atoms with van der Waals surface area (Å²) in [5.41, 5.74) is 2.89. The first-order chi connectivity index (χ1) is 14.6. The number of fused-ring (bicyclic) bond motifs is 1. The predicted octanol–water partition coefficient (Wildman–Crippen LogP) is 2.93. The molecule has 3 aromatic rings. The van der Waals surface area contributed by atoms with E-state index in [1.54, 1.807) is 32.4 Å². The number of nitrogens with zero attached hydrogens (tertiary/aromatic N) is 3. The molecule has 0 bridgehead atoms. The highest BCUT2D eigenvalue weighted by atomic mass is 16.5. The maximum Gasteiger partial charge on any atom is 0.419 e. The van der Waals surface area contributed by atoms with Crippen LogP contribution in [0.3, 0.4) is 0 Å². The van der Waals surface area contributed by atoms with E-state index in [4.69, 9.17) is 9.15 Å². The number of oxazole rings is 1. The lowest BCUT2D eigenvalue weighted by molar-refractivity contribution is 0.0974. The number of Topliss-reactive ketones (excluding diaryl/α,β-unsaturated/α-hetero) is 1. The SMILES string of the molecule is COc1ccccc1N1CCN(CCCC(=O)c2ccc3c(c2)oc(=O)n3C)CC1. The highest BCUT2D eigenvalue weighted by Crippen LogP contribution is 2.28. The van der Waals surface area contributed by atoms with Gasteiger partial charge in [-0.1, -0.05) is 12.1 Å². The van der Waals surface area contributed by atoms with Crippen LogP contribution in [0.25, 0.3) is 11.1 Å². The minimum Gasteiger partial charge on any atom is -0.495 e. The summed E-state index contributed by atoms with van der Waals surface area (Å²) in [5.74, 6) is 0.570. The van der Waals surface area contributed by atoms with E-state index in [-0.39, 0.29) is 5.78 Å². The maximum atomic E-state index is 12.6. The second kappa shape index (κ2) is 8.75. The van der Waals surface area contributed by atoms with Crippen LogP contribution in [0.1, 0.15) is 23.2 Å². The van der Waals surface area contributed by atoms with Crippen molar-refractivity contribution in [1.29, 1.82) is 0 Å². The van der Waals surface area contributed by atoms with Crippen molar-refractivity contribution in [2.45, 2.75) is 12.8 Å². The van der Waals surface area contributed by atoms with Crippen LogP contribution >= 0.6 is 0 Å². The molecule has 2 aromatic carbocycles. The second-order valence-electron chi connectivity index (χ2n) is 7.64. The third-order valence-corrected chi connectivity index (χ3v) is 5.79. The first-order valence-corrected chi connectivity index (χ1v) is 10.3. The number of piperazine rings is 1. The predicted molar refractivity (Wildman–Crippen MR) is 117 cm³/mol. The molecule has 1 aliphatic rings. The molecule has 0 amide bonds. The number of rotatable bonds is 7. The van der Waals surface area contributed by atoms with Gasteiger partial charge in [0.2, 0.25) is 0 Å². The number of ether oxygens (including phenoxy) is 1. The molecule has 0 saturated carbocycles. The molecule has 0 radical (unpaired) electrons. The zero-order valence-corrected chi connectivity index (χ0v) is 17.5. The number of carbonyl (C=O) groups excluding carboxylic acids is 1. The number of para-hydroxylation sites is 2. The van der Waals surface area contributed by atoms with Crippen molar-refractivity contribution in [2.75, 3.05) is 44.7 Å². The summed E-state index contributed by atoms with van der Waals surface area (Å²) in [6, 6.07) is 13.3. The van der Waals surface area contributed by atoms with Crippen LogP contribution < -0.4 is 15.4 Å². The van der Waals surface area contributed by atoms with Gasteiger partial charge in [0.05, 0.1) is 18.3 Å². The Morgan fingerprint density at radius 1 is 1.10 bits per heavy atom. The van der Waals surface area contributed by atoms with Crippen LogP contribution in [0.5, 0.6) is 5.75 Å². The van der Waals surface area contributed by atoms with E-state index in [0.29, 0.717) is 23.1 Å². The summed E-state index contributed by atoms with van der Waals surface area (Å²) >= 11 is 0. The number of methoxy groups -OCH3 is 1. The van der Waals surface area contributed by atoms with Crippen LogP contribution in [-0.4, -0.2) is 55.1 Å². The fourth-order valence-corrected chi connectivity index (χ4v) is 4.02. The molecule has 7 nitrogen and oxygen atoms in total. The quantitative estimate of drug-likeness (QED) is 0.559. The number of ketones is 1. The average molecular weight is 409 g/mol. The van der Waals surface area contributed by atoms with Crippen molar-refractivity contribution in [3.63, 3.8) is 0 Å². The zero-order valence-electron chi connectivity index (χ0n) is 17.5. The second-order valence-corrected chi connectivity index (χ2v) is 7.64. The molecule has 0 unspecified atom stereocenters. The fourth-order valence-electron chi connectivity index (χ4n) is 4.02. The van der Waals surface area contributed by atoms with E-state index < -0.39 is 5.76 Å². The number of carbonyl (C=O) groups is 1. The Bertz CT molecular complexity index is 1090. The third-order valence-electron chi connectivity index (χ3n) is 5.79. The largest absolute Gasteiger partial charge is 0.495 e. The molecule has 1 saturated heterocycles. The summed E-state index contributed by atoms with van der Waals surface area (Å²) in [7, 11) is 3.36. The number of hydrogen-bond acceptors (Lipinski definition) is 6. The standard InChI is InChI=1S/C23H27N3O4/c1-24-18-10-9-17(16-22(18)30-23(24)28)20(27)7-5-11-25-12-14-26(15-13-25)19-6-3-4-8-21(19)29-2/h3-4,6,8-10,16H,5,7,11-15H2,1-2H3. The molecule has 0 aliphatic carbocycles. The van der Waals surface area contributed by atoms with Crippen molar-refractivity contribution in [3.8, 4) is 5.75 Å². The Balaban J connectivity index is 1.27. The number of anilines is 1. The monoisotopic (exact) mass is 409 g/mol. The van der Waals surface area contributed by atoms with Gasteiger partial charge in [-0.15, -0.1) is 0 Å². The van der Waals surface area contributed by atoms with Gasteiger partial charge in [-0.3, -0.25) is 14.3 Å². The molecule has 1 aliphatic heterocycles. The highest BCUT2D eigenvalue weighted by Gasteiger charge is 2.19. The fraction of sp³-hybridized carbons (Fsp3) is 0.391. The molecular formula is C23H27N3O4. The van der Waals surface area contributed by atoms with E-state index in [1.807, 2.05) is 18.2 Å². The van der Waals surface area contributed by atoms with E-state index in [2.05, 4.69) is 15.9 Å². The van der Waals surface area contributed by atoms with E-state index in [9.17, 15) is 9.59 Å². The van der Waals surface area contributed by atoms with Gasteiger partial charge in [-0.2, -0.15) is 0 Å². The lowest BCUT2D eigenvalue weighted by Gasteiger charge is -2.36. The van der Waals surface area contributed by atoms with Gasteiger partial charge in [0.1, 0.15) is 5.75 Å². The Hall–Kier alpha value is -3.06. The zero-order chi connectivity index (χ0) is 21.1. The van der Waals surface area contributed by atoms with Gasteiger partial charge >= 0.3 is 5.76 Å². The van der Waals surface area contributed by atoms with Gasteiger partial charge in [-0.25, -0.2) is 4.79 Å². The van der Waals surface area contributed by atoms with Crippen molar-refractivity contribution in [2.24, 2.45) is 7.05 Å². The third kappa shape index (κ3) is 4.11. The molecule has 4 rings (SSSR count). The normalized spacial score (nSPS) is 14.9. The Morgan fingerprint density at radius 3 is 2.63 bits per heavy atom. The summed E-state index contributed by atoms with van der Waals surface area (Å²) < 4.78 is 12.1. The average Bonchev–Trinajstić information content (AvgIpc) is 3.07. The topological polar surface area (TPSA) is 67.9 Å². The molecule has 1 aromatic heterocycles. The van der Waals surface area contributed by atoms with Gasteiger partial charge < -0.3 is 14.1 Å². The summed E-state index contributed by atoms with van der Waals surface area (Å²) in [4.78, 5) is 28.9. The minimum absolute atomic E-state index is 0.0797. The molecule has 7 heteroatoms. The maximum absolute atomic E-state index is 12.6. The molecule has 0 spiro atoms. The van der Waals surface area contributed by atoms with Crippen molar-refractivity contribution >= 4 is 22.6 Å². The van der Waals surface area contributed by atoms with Crippen molar-refractivity contribution in [1.82, 2.24) is 9.47 Å². The van der Waals surface area contributed by atoms with Gasteiger partial charge in [0, 0.05) is 45.2 Å². The summed E-state index contributed by atoms with van der Waals surface area (Å²) in [6.45, 7) is 4.71. The van der Waals surface area contributed by atoms with E-state index in [1.165, 1.54) is 4.57 Å². The minimum atomic E-state index is -0.415. The van der Waals surface area contributed by atoms with Gasteiger partial charge in [0.15, 0.2) is 11.4 Å². The number of aromatic nitrogens is 1. The molecule has 30 heavy (non-hydrogen) atoms. The Labute approximate surface area is 175 Å². The summed E-state index contributed by atoms with van der Waals surface area (Å²) in [6.07, 6.45) is 1.29. The molecule has 2 heterocycles. The van der Waals surface area contributed by atoms with Crippen LogP contribution in [0.4, 0.5) is 5.69 Å². The number of aryl methyl sites for hydroxylation is 1. The lowest BCUT2D eigenvalue weighted by Crippen LogP contribution is -2.46. The lowest BCUT2D eigenvalue weighted by atomic mass is 10.1. The molecule has 0 N–H and O–H groups in total. The van der Waals surface area contributed by atoms with Crippen molar-refractivity contribution < 1.29 is 13.9 Å². The van der Waals surface area contributed by atoms with E-state index in [0.717, 1.165) is 50.6 Å². The number of hydrogen-bond donors (Lipinski definition) is 0. The Morgan fingerprint density at radius 2 is 1.87 bits per heavy atom. The molecule has 0 atom stereocenters. The molecule has 1 fully saturated rings. The molecular weight excluding hydrogens is 382 g/mol. The van der Waals surface area contributed by atoms with Crippen LogP contribution in [0.2, 0.25) is 0 Å². The highest BCUT2D eigenvalue weighted by molar-refractivity contribution is 5.98. The first kappa shape index (κ1) is 20.2. The van der Waals surface area contributed by atoms with Gasteiger partial charge in [0.25, 0.3) is 0 Å². The van der Waals surface area contributed by atoms with Crippen LogP contribution in [-0.2, 0) is 7.05 Å². The first-order valence-electron chi connectivity index (χ1n) is 10.3. The smallest absolute Gasteiger partial charge is 0.419 e. The molecule has 158 valence electrons. The number of benzene rings is 2. The van der Waals surface area contributed by atoms with Gasteiger partial charge in [-0.05, 0) is 43.3 Å². The van der Waals surface area contributed by atoms with E-state index >= 15 is 0 Å². The van der Waals surface area contributed by atoms with Crippen LogP contribution in [0.15, 0.2) is 51.7 Å². The Kier molecular flexibility index (Phi) is 5.90. The van der Waals surface area contributed by atoms with Crippen molar-refractivity contribution in [3.05, 3.63) is 58.6 Å². The van der Waals surface area contributed by atoms with Crippen LogP contribution in [0, 0.1) is 0 Å². The summed E-state index contributed by atoms with van der Waals surface area (Å²) in [5, 5.41) is 0.